The zero-order chi connectivity index (χ0) is 23.8. The number of benzene rings is 3. The van der Waals surface area contributed by atoms with Gasteiger partial charge < -0.3 is 15.0 Å². The van der Waals surface area contributed by atoms with Gasteiger partial charge in [-0.3, -0.25) is 9.59 Å². The van der Waals surface area contributed by atoms with Crippen LogP contribution in [0, 0.1) is 5.92 Å². The van der Waals surface area contributed by atoms with Crippen molar-refractivity contribution in [1.29, 1.82) is 0 Å². The van der Waals surface area contributed by atoms with Crippen molar-refractivity contribution in [1.82, 2.24) is 0 Å². The molecular weight excluding hydrogens is 480 g/mol. The van der Waals surface area contributed by atoms with Gasteiger partial charge in [0, 0.05) is 28.0 Å². The minimum absolute atomic E-state index is 0.125. The summed E-state index contributed by atoms with van der Waals surface area (Å²) >= 11 is 3.43. The monoisotopic (exact) mass is 508 g/mol. The normalized spacial score (nSPS) is 10.7. The van der Waals surface area contributed by atoms with Crippen LogP contribution in [0.5, 0.6) is 5.75 Å². The molecule has 3 rings (SSSR count). The summed E-state index contributed by atoms with van der Waals surface area (Å²) in [5.41, 5.74) is 2.31. The summed E-state index contributed by atoms with van der Waals surface area (Å²) in [6.07, 6.45) is 0.899. The molecule has 0 unspecified atom stereocenters. The third-order valence-electron chi connectivity index (χ3n) is 5.14. The summed E-state index contributed by atoms with van der Waals surface area (Å²) in [4.78, 5) is 27.9. The third-order valence-corrected chi connectivity index (χ3v) is 5.63. The van der Waals surface area contributed by atoms with E-state index in [1.807, 2.05) is 43.3 Å². The molecule has 0 aliphatic heterocycles. The lowest BCUT2D eigenvalue weighted by molar-refractivity contribution is 0.0985. The Bertz CT molecular complexity index is 1100. The number of hydrogen-bond acceptors (Lipinski definition) is 3. The van der Waals surface area contributed by atoms with E-state index in [0.717, 1.165) is 16.6 Å². The molecule has 0 aromatic heterocycles. The smallest absolute Gasteiger partial charge is 0.259 e. The van der Waals surface area contributed by atoms with E-state index in [1.165, 1.54) is 0 Å². The Labute approximate surface area is 203 Å². The molecule has 0 saturated heterocycles. The van der Waals surface area contributed by atoms with Gasteiger partial charge in [0.1, 0.15) is 5.75 Å². The van der Waals surface area contributed by atoms with E-state index >= 15 is 0 Å². The summed E-state index contributed by atoms with van der Waals surface area (Å²) in [6.45, 7) is 7.27. The average molecular weight is 509 g/mol. The lowest BCUT2D eigenvalue weighted by Gasteiger charge is -2.21. The second kappa shape index (κ2) is 11.7. The maximum atomic E-state index is 13.1. The van der Waals surface area contributed by atoms with Crippen molar-refractivity contribution < 1.29 is 14.3 Å². The number of hydrogen-bond donors (Lipinski definition) is 1. The molecule has 0 fully saturated rings. The van der Waals surface area contributed by atoms with Gasteiger partial charge in [0.05, 0.1) is 12.2 Å². The number of para-hydroxylation sites is 1. The van der Waals surface area contributed by atoms with Crippen molar-refractivity contribution in [3.63, 3.8) is 0 Å². The fraction of sp³-hybridized carbons (Fsp3) is 0.259. The van der Waals surface area contributed by atoms with Crippen LogP contribution >= 0.6 is 15.9 Å². The Hall–Kier alpha value is -3.12. The van der Waals surface area contributed by atoms with Gasteiger partial charge in [-0.1, -0.05) is 54.0 Å². The second-order valence-corrected chi connectivity index (χ2v) is 9.01. The molecule has 1 N–H and O–H groups in total. The first-order valence-corrected chi connectivity index (χ1v) is 11.9. The summed E-state index contributed by atoms with van der Waals surface area (Å²) < 4.78 is 6.66. The Morgan fingerprint density at radius 2 is 1.76 bits per heavy atom. The molecule has 3 aromatic carbocycles. The molecule has 0 saturated carbocycles. The number of amides is 2. The standard InChI is InChI=1S/C27H29BrN2O3/c1-4-30(23-11-6-5-7-12-23)27(32)20-9-8-10-22(17-20)29-26(31)24-18-21(28)13-14-25(24)33-16-15-19(2)3/h5-14,17-19H,4,15-16H2,1-3H3,(H,29,31). The third kappa shape index (κ3) is 6.68. The first kappa shape index (κ1) is 24.5. The fourth-order valence-corrected chi connectivity index (χ4v) is 3.71. The van der Waals surface area contributed by atoms with Gasteiger partial charge in [0.2, 0.25) is 0 Å². The maximum Gasteiger partial charge on any atom is 0.259 e. The predicted octanol–water partition coefficient (Wildman–Crippen LogP) is 6.79. The second-order valence-electron chi connectivity index (χ2n) is 8.09. The highest BCUT2D eigenvalue weighted by Gasteiger charge is 2.18. The van der Waals surface area contributed by atoms with Crippen LogP contribution in [0.1, 0.15) is 47.9 Å². The highest BCUT2D eigenvalue weighted by atomic mass is 79.9. The fourth-order valence-electron chi connectivity index (χ4n) is 3.35. The molecule has 0 aliphatic carbocycles. The van der Waals surface area contributed by atoms with Crippen LogP contribution in [0.2, 0.25) is 0 Å². The van der Waals surface area contributed by atoms with Gasteiger partial charge in [-0.15, -0.1) is 0 Å². The first-order chi connectivity index (χ1) is 15.9. The molecule has 172 valence electrons. The summed E-state index contributed by atoms with van der Waals surface area (Å²) in [7, 11) is 0. The van der Waals surface area contributed by atoms with Crippen LogP contribution in [0.25, 0.3) is 0 Å². The lowest BCUT2D eigenvalue weighted by Crippen LogP contribution is -2.30. The molecule has 0 bridgehead atoms. The van der Waals surface area contributed by atoms with Gasteiger partial charge in [-0.25, -0.2) is 0 Å². The summed E-state index contributed by atoms with van der Waals surface area (Å²) in [6, 6.07) is 21.9. The molecule has 33 heavy (non-hydrogen) atoms. The Morgan fingerprint density at radius 3 is 2.45 bits per heavy atom. The van der Waals surface area contributed by atoms with Gasteiger partial charge in [-0.2, -0.15) is 0 Å². The summed E-state index contributed by atoms with van der Waals surface area (Å²) in [5.74, 6) is 0.622. The van der Waals surface area contributed by atoms with Gasteiger partial charge in [0.25, 0.3) is 11.8 Å². The Balaban J connectivity index is 1.78. The molecule has 3 aromatic rings. The van der Waals surface area contributed by atoms with E-state index in [1.54, 1.807) is 41.3 Å². The van der Waals surface area contributed by atoms with E-state index in [9.17, 15) is 9.59 Å². The zero-order valence-corrected chi connectivity index (χ0v) is 20.8. The molecule has 6 heteroatoms. The van der Waals surface area contributed by atoms with Crippen LogP contribution in [0.15, 0.2) is 77.3 Å². The number of carbonyl (C=O) groups excluding carboxylic acids is 2. The van der Waals surface area contributed by atoms with Crippen molar-refractivity contribution in [2.24, 2.45) is 5.92 Å². The van der Waals surface area contributed by atoms with E-state index in [0.29, 0.717) is 41.6 Å². The molecule has 5 nitrogen and oxygen atoms in total. The van der Waals surface area contributed by atoms with Crippen LogP contribution < -0.4 is 15.0 Å². The van der Waals surface area contributed by atoms with Crippen LogP contribution in [0.4, 0.5) is 11.4 Å². The maximum absolute atomic E-state index is 13.1. The largest absolute Gasteiger partial charge is 0.493 e. The van der Waals surface area contributed by atoms with Crippen molar-refractivity contribution in [3.05, 3.63) is 88.4 Å². The molecule has 0 aliphatic rings. The minimum atomic E-state index is -0.296. The number of halogens is 1. The Morgan fingerprint density at radius 1 is 1.00 bits per heavy atom. The molecule has 0 spiro atoms. The van der Waals surface area contributed by atoms with Crippen molar-refractivity contribution in [3.8, 4) is 5.75 Å². The average Bonchev–Trinajstić information content (AvgIpc) is 2.81. The molecular formula is C27H29BrN2O3. The topological polar surface area (TPSA) is 58.6 Å². The van der Waals surface area contributed by atoms with Gasteiger partial charge >= 0.3 is 0 Å². The number of nitrogens with zero attached hydrogens (tertiary/aromatic N) is 1. The molecule has 0 heterocycles. The van der Waals surface area contributed by atoms with Crippen molar-refractivity contribution in [2.75, 3.05) is 23.4 Å². The SMILES string of the molecule is CCN(C(=O)c1cccc(NC(=O)c2cc(Br)ccc2OCCC(C)C)c1)c1ccccc1. The number of nitrogens with one attached hydrogen (secondary N) is 1. The molecule has 0 radical (unpaired) electrons. The minimum Gasteiger partial charge on any atom is -0.493 e. The van der Waals surface area contributed by atoms with E-state index < -0.39 is 0 Å². The highest BCUT2D eigenvalue weighted by molar-refractivity contribution is 9.10. The highest BCUT2D eigenvalue weighted by Crippen LogP contribution is 2.25. The quantitative estimate of drug-likeness (QED) is 0.346. The van der Waals surface area contributed by atoms with Crippen molar-refractivity contribution in [2.45, 2.75) is 27.2 Å². The van der Waals surface area contributed by atoms with Crippen LogP contribution in [0.3, 0.4) is 0 Å². The van der Waals surface area contributed by atoms with Crippen molar-refractivity contribution >= 4 is 39.1 Å². The zero-order valence-electron chi connectivity index (χ0n) is 19.2. The van der Waals surface area contributed by atoms with E-state index in [2.05, 4.69) is 35.1 Å². The lowest BCUT2D eigenvalue weighted by atomic mass is 10.1. The Kier molecular flexibility index (Phi) is 8.66. The number of rotatable bonds is 9. The molecule has 0 atom stereocenters. The van der Waals surface area contributed by atoms with Gasteiger partial charge in [0.15, 0.2) is 0 Å². The van der Waals surface area contributed by atoms with Gasteiger partial charge in [-0.05, 0) is 67.8 Å². The number of carbonyl (C=O) groups is 2. The van der Waals surface area contributed by atoms with Crippen LogP contribution in [-0.2, 0) is 0 Å². The first-order valence-electron chi connectivity index (χ1n) is 11.1. The van der Waals surface area contributed by atoms with Crippen LogP contribution in [-0.4, -0.2) is 25.0 Å². The predicted molar refractivity (Wildman–Crippen MR) is 137 cm³/mol. The van der Waals surface area contributed by atoms with E-state index in [4.69, 9.17) is 4.74 Å². The van der Waals surface area contributed by atoms with E-state index in [-0.39, 0.29) is 11.8 Å². The summed E-state index contributed by atoms with van der Waals surface area (Å²) in [5, 5.41) is 2.91. The number of anilines is 2. The number of ether oxygens (including phenoxy) is 1. The molecule has 2 amide bonds.